The summed E-state index contributed by atoms with van der Waals surface area (Å²) in [4.78, 5) is 0. The van der Waals surface area contributed by atoms with Crippen LogP contribution in [0.25, 0.3) is 6.08 Å². The minimum Gasteiger partial charge on any atom is -0.496 e. The maximum absolute atomic E-state index is 8.80. The Kier molecular flexibility index (Phi) is 8.18. The molecule has 0 aliphatic carbocycles. The van der Waals surface area contributed by atoms with Crippen molar-refractivity contribution in [2.24, 2.45) is 0 Å². The van der Waals surface area contributed by atoms with E-state index < -0.39 is 0 Å². The molecule has 0 aliphatic rings. The van der Waals surface area contributed by atoms with E-state index in [4.69, 9.17) is 33.0 Å². The normalized spacial score (nSPS) is 13.3. The fourth-order valence-electron chi connectivity index (χ4n) is 1.91. The third kappa shape index (κ3) is 5.91. The smallest absolute Gasteiger partial charge is 0.124 e. The van der Waals surface area contributed by atoms with Gasteiger partial charge in [-0.2, -0.15) is 0 Å². The standard InChI is InChI=1S/C19H22Cl2O2/c1-13(6-5-7-14(2)10-11-22)8-9-16-17(20)12-18(23-4)15(3)19(16)21/h5-10,12,22H,11H2,1-4H3. The molecular weight excluding hydrogens is 331 g/mol. The number of aliphatic hydroxyl groups is 1. The van der Waals surface area contributed by atoms with E-state index in [1.807, 2.05) is 51.2 Å². The van der Waals surface area contributed by atoms with Gasteiger partial charge in [0.2, 0.25) is 0 Å². The van der Waals surface area contributed by atoms with Crippen LogP contribution in [0.4, 0.5) is 0 Å². The summed E-state index contributed by atoms with van der Waals surface area (Å²) >= 11 is 12.6. The molecule has 23 heavy (non-hydrogen) atoms. The van der Waals surface area contributed by atoms with Crippen LogP contribution in [0.3, 0.4) is 0 Å². The summed E-state index contributed by atoms with van der Waals surface area (Å²) in [6.07, 6.45) is 11.4. The molecule has 0 fully saturated rings. The number of benzene rings is 1. The van der Waals surface area contributed by atoms with Gasteiger partial charge in [0.25, 0.3) is 0 Å². The van der Waals surface area contributed by atoms with Crippen LogP contribution in [0, 0.1) is 6.92 Å². The summed E-state index contributed by atoms with van der Waals surface area (Å²) in [5.41, 5.74) is 3.71. The zero-order valence-corrected chi connectivity index (χ0v) is 15.4. The van der Waals surface area contributed by atoms with Gasteiger partial charge in [-0.1, -0.05) is 70.8 Å². The van der Waals surface area contributed by atoms with Crippen molar-refractivity contribution in [2.75, 3.05) is 13.7 Å². The van der Waals surface area contributed by atoms with Crippen molar-refractivity contribution in [3.05, 3.63) is 68.8 Å². The summed E-state index contributed by atoms with van der Waals surface area (Å²) < 4.78 is 5.25. The largest absolute Gasteiger partial charge is 0.496 e. The molecule has 1 rings (SSSR count). The number of ether oxygens (including phenoxy) is 1. The van der Waals surface area contributed by atoms with E-state index in [2.05, 4.69) is 0 Å². The SMILES string of the molecule is COc1cc(Cl)c(C=CC(C)=CC=CC(C)=CCO)c(Cl)c1C. The molecule has 0 amide bonds. The second kappa shape index (κ2) is 9.61. The lowest BCUT2D eigenvalue weighted by atomic mass is 10.1. The lowest BCUT2D eigenvalue weighted by Crippen LogP contribution is -1.91. The van der Waals surface area contributed by atoms with Crippen molar-refractivity contribution in [3.8, 4) is 5.75 Å². The fraction of sp³-hybridized carbons (Fsp3) is 0.263. The van der Waals surface area contributed by atoms with E-state index >= 15 is 0 Å². The molecule has 0 spiro atoms. The average Bonchev–Trinajstić information content (AvgIpc) is 2.51. The number of aliphatic hydroxyl groups excluding tert-OH is 1. The van der Waals surface area contributed by atoms with Crippen molar-refractivity contribution >= 4 is 29.3 Å². The first kappa shape index (κ1) is 19.6. The van der Waals surface area contributed by atoms with E-state index in [1.165, 1.54) is 0 Å². The summed E-state index contributed by atoms with van der Waals surface area (Å²) in [5, 5.41) is 9.94. The number of methoxy groups -OCH3 is 1. The quantitative estimate of drug-likeness (QED) is 0.659. The molecule has 124 valence electrons. The lowest BCUT2D eigenvalue weighted by molar-refractivity contribution is 0.342. The molecule has 0 aromatic heterocycles. The fourth-order valence-corrected chi connectivity index (χ4v) is 2.48. The maximum atomic E-state index is 8.80. The van der Waals surface area contributed by atoms with E-state index in [1.54, 1.807) is 19.3 Å². The zero-order chi connectivity index (χ0) is 17.4. The van der Waals surface area contributed by atoms with Crippen LogP contribution in [-0.4, -0.2) is 18.8 Å². The number of halogens is 2. The van der Waals surface area contributed by atoms with Crippen molar-refractivity contribution < 1.29 is 9.84 Å². The number of allylic oxidation sites excluding steroid dienone is 6. The minimum absolute atomic E-state index is 0.0482. The van der Waals surface area contributed by atoms with Gasteiger partial charge in [0, 0.05) is 11.1 Å². The Balaban J connectivity index is 2.97. The third-order valence-corrected chi connectivity index (χ3v) is 4.11. The van der Waals surface area contributed by atoms with Gasteiger partial charge < -0.3 is 9.84 Å². The van der Waals surface area contributed by atoms with E-state index in [-0.39, 0.29) is 6.61 Å². The lowest BCUT2D eigenvalue weighted by Gasteiger charge is -2.10. The molecule has 0 saturated carbocycles. The Morgan fingerprint density at radius 3 is 2.52 bits per heavy atom. The Bertz CT molecular complexity index is 668. The van der Waals surface area contributed by atoms with Crippen molar-refractivity contribution in [2.45, 2.75) is 20.8 Å². The summed E-state index contributed by atoms with van der Waals surface area (Å²) in [5.74, 6) is 0.679. The van der Waals surface area contributed by atoms with Crippen LogP contribution in [0.5, 0.6) is 5.75 Å². The molecule has 0 radical (unpaired) electrons. The molecule has 0 aliphatic heterocycles. The molecule has 0 saturated heterocycles. The van der Waals surface area contributed by atoms with Gasteiger partial charge >= 0.3 is 0 Å². The van der Waals surface area contributed by atoms with E-state index in [0.717, 1.165) is 22.3 Å². The zero-order valence-electron chi connectivity index (χ0n) is 13.9. The number of hydrogen-bond acceptors (Lipinski definition) is 2. The van der Waals surface area contributed by atoms with Crippen molar-refractivity contribution in [3.63, 3.8) is 0 Å². The molecule has 0 atom stereocenters. The second-order valence-corrected chi connectivity index (χ2v) is 5.93. The van der Waals surface area contributed by atoms with Crippen LogP contribution >= 0.6 is 23.2 Å². The Labute approximate surface area is 148 Å². The van der Waals surface area contributed by atoms with Crippen LogP contribution < -0.4 is 4.74 Å². The van der Waals surface area contributed by atoms with E-state index in [0.29, 0.717) is 15.8 Å². The Morgan fingerprint density at radius 2 is 1.91 bits per heavy atom. The highest BCUT2D eigenvalue weighted by atomic mass is 35.5. The summed E-state index contributed by atoms with van der Waals surface area (Å²) in [6.45, 7) is 5.87. The first-order chi connectivity index (χ1) is 10.9. The van der Waals surface area contributed by atoms with Gasteiger partial charge in [-0.05, 0) is 26.8 Å². The van der Waals surface area contributed by atoms with Gasteiger partial charge in [0.1, 0.15) is 5.75 Å². The summed E-state index contributed by atoms with van der Waals surface area (Å²) in [6, 6.07) is 1.77. The van der Waals surface area contributed by atoms with Crippen LogP contribution in [0.2, 0.25) is 10.0 Å². The predicted molar refractivity (Wildman–Crippen MR) is 101 cm³/mol. The first-order valence-electron chi connectivity index (χ1n) is 7.24. The van der Waals surface area contributed by atoms with Crippen molar-refractivity contribution in [1.29, 1.82) is 0 Å². The number of hydrogen-bond donors (Lipinski definition) is 1. The van der Waals surface area contributed by atoms with E-state index in [9.17, 15) is 0 Å². The van der Waals surface area contributed by atoms with Crippen LogP contribution in [0.15, 0.2) is 47.6 Å². The molecule has 0 heterocycles. The minimum atomic E-state index is 0.0482. The highest BCUT2D eigenvalue weighted by Gasteiger charge is 2.11. The topological polar surface area (TPSA) is 29.5 Å². The van der Waals surface area contributed by atoms with Crippen molar-refractivity contribution in [1.82, 2.24) is 0 Å². The van der Waals surface area contributed by atoms with Gasteiger partial charge in [-0.25, -0.2) is 0 Å². The van der Waals surface area contributed by atoms with Gasteiger partial charge in [0.15, 0.2) is 0 Å². The van der Waals surface area contributed by atoms with Gasteiger partial charge in [-0.15, -0.1) is 0 Å². The number of rotatable bonds is 6. The van der Waals surface area contributed by atoms with Gasteiger partial charge in [-0.3, -0.25) is 0 Å². The molecule has 1 aromatic carbocycles. The molecule has 2 nitrogen and oxygen atoms in total. The molecule has 4 heteroatoms. The van der Waals surface area contributed by atoms with Crippen LogP contribution in [-0.2, 0) is 0 Å². The highest BCUT2D eigenvalue weighted by Crippen LogP contribution is 2.35. The predicted octanol–water partition coefficient (Wildman–Crippen LogP) is 5.76. The molecule has 0 unspecified atom stereocenters. The monoisotopic (exact) mass is 352 g/mol. The van der Waals surface area contributed by atoms with Crippen LogP contribution in [0.1, 0.15) is 25.0 Å². The molecule has 1 N–H and O–H groups in total. The third-order valence-electron chi connectivity index (χ3n) is 3.31. The maximum Gasteiger partial charge on any atom is 0.124 e. The van der Waals surface area contributed by atoms with Gasteiger partial charge in [0.05, 0.1) is 23.8 Å². The second-order valence-electron chi connectivity index (χ2n) is 5.15. The Morgan fingerprint density at radius 1 is 1.22 bits per heavy atom. The highest BCUT2D eigenvalue weighted by molar-refractivity contribution is 6.37. The Hall–Kier alpha value is -1.48. The average molecular weight is 353 g/mol. The first-order valence-corrected chi connectivity index (χ1v) is 7.99. The molecule has 0 bridgehead atoms. The molecule has 1 aromatic rings. The summed E-state index contributed by atoms with van der Waals surface area (Å²) in [7, 11) is 1.59. The molecular formula is C19H22Cl2O2.